The maximum atomic E-state index is 11.2. The summed E-state index contributed by atoms with van der Waals surface area (Å²) in [6.07, 6.45) is 22.8. The number of methoxy groups -OCH3 is 1. The lowest BCUT2D eigenvalue weighted by Gasteiger charge is -2.38. The summed E-state index contributed by atoms with van der Waals surface area (Å²) in [5, 5.41) is 0.224. The topological polar surface area (TPSA) is 35.5 Å². The van der Waals surface area contributed by atoms with Gasteiger partial charge in [-0.2, -0.15) is 0 Å². The van der Waals surface area contributed by atoms with Gasteiger partial charge in [-0.15, -0.1) is 0 Å². The first-order valence-corrected chi connectivity index (χ1v) is 15.0. The molecule has 0 bridgehead atoms. The Kier molecular flexibility index (Phi) is 12.4. The molecule has 176 valence electrons. The first-order valence-electron chi connectivity index (χ1n) is 12.1. The first kappa shape index (κ1) is 27.6. The summed E-state index contributed by atoms with van der Waals surface area (Å²) in [5.41, 5.74) is 2.79. The molecule has 0 N–H and O–H groups in total. The number of ether oxygens (including phenoxy) is 1. The second-order valence-electron chi connectivity index (χ2n) is 10.1. The lowest BCUT2D eigenvalue weighted by atomic mass is 10.0. The van der Waals surface area contributed by atoms with Gasteiger partial charge in [-0.25, -0.2) is 0 Å². The van der Waals surface area contributed by atoms with Crippen molar-refractivity contribution in [2.24, 2.45) is 0 Å². The van der Waals surface area contributed by atoms with Crippen LogP contribution in [-0.2, 0) is 14.0 Å². The fourth-order valence-electron chi connectivity index (χ4n) is 3.30. The highest BCUT2D eigenvalue weighted by atomic mass is 28.4. The van der Waals surface area contributed by atoms with Gasteiger partial charge in [0.05, 0.1) is 13.2 Å². The SMILES string of the molecule is CCCCC[C@@H](/C=C/C1=C(C/C=C\CCCC(=O)OC)C=CC1)O[Si](C)(C)C(C)(C)C. The predicted octanol–water partition coefficient (Wildman–Crippen LogP) is 8.06. The minimum absolute atomic E-state index is 0.129. The first-order chi connectivity index (χ1) is 14.6. The lowest BCUT2D eigenvalue weighted by molar-refractivity contribution is -0.140. The van der Waals surface area contributed by atoms with Gasteiger partial charge in [-0.05, 0) is 61.4 Å². The summed E-state index contributed by atoms with van der Waals surface area (Å²) in [4.78, 5) is 11.2. The third kappa shape index (κ3) is 10.6. The minimum Gasteiger partial charge on any atom is -0.469 e. The van der Waals surface area contributed by atoms with E-state index in [4.69, 9.17) is 4.43 Å². The average molecular weight is 447 g/mol. The van der Waals surface area contributed by atoms with E-state index in [-0.39, 0.29) is 17.1 Å². The number of unbranched alkanes of at least 4 members (excludes halogenated alkanes) is 3. The maximum Gasteiger partial charge on any atom is 0.305 e. The zero-order chi connectivity index (χ0) is 23.3. The van der Waals surface area contributed by atoms with Crippen molar-refractivity contribution >= 4 is 14.3 Å². The van der Waals surface area contributed by atoms with Crippen LogP contribution >= 0.6 is 0 Å². The van der Waals surface area contributed by atoms with Crippen LogP contribution in [-0.4, -0.2) is 27.5 Å². The van der Waals surface area contributed by atoms with Gasteiger partial charge in [-0.1, -0.05) is 83.4 Å². The van der Waals surface area contributed by atoms with Crippen molar-refractivity contribution in [2.45, 2.75) is 110 Å². The zero-order valence-electron chi connectivity index (χ0n) is 21.1. The third-order valence-corrected chi connectivity index (χ3v) is 10.9. The second kappa shape index (κ2) is 13.9. The van der Waals surface area contributed by atoms with Gasteiger partial charge >= 0.3 is 5.97 Å². The summed E-state index contributed by atoms with van der Waals surface area (Å²) in [7, 11) is -0.352. The molecule has 0 aromatic rings. The highest BCUT2D eigenvalue weighted by molar-refractivity contribution is 6.74. The van der Waals surface area contributed by atoms with Gasteiger partial charge < -0.3 is 9.16 Å². The number of hydrogen-bond donors (Lipinski definition) is 0. The number of carbonyl (C=O) groups is 1. The van der Waals surface area contributed by atoms with Crippen molar-refractivity contribution in [1.82, 2.24) is 0 Å². The molecule has 1 aliphatic carbocycles. The molecule has 0 aromatic heterocycles. The van der Waals surface area contributed by atoms with Crippen LogP contribution in [0.15, 0.2) is 47.6 Å². The molecule has 31 heavy (non-hydrogen) atoms. The molecule has 0 saturated heterocycles. The standard InChI is InChI=1S/C27H46O3Si/c1-8-9-12-19-25(30-31(6,7)27(2,3)4)22-21-24-18-15-17-23(24)16-13-10-11-14-20-26(28)29-5/h10,13,15,17,21-22,25H,8-9,11-12,14,16,18-20H2,1-7H3/b13-10-,22-21+/t25-/m0/s1. The Morgan fingerprint density at radius 2 is 1.94 bits per heavy atom. The van der Waals surface area contributed by atoms with E-state index in [2.05, 4.69) is 82.0 Å². The van der Waals surface area contributed by atoms with E-state index < -0.39 is 8.32 Å². The molecule has 3 nitrogen and oxygen atoms in total. The molecular weight excluding hydrogens is 400 g/mol. The Morgan fingerprint density at radius 3 is 2.58 bits per heavy atom. The lowest BCUT2D eigenvalue weighted by Crippen LogP contribution is -2.43. The Morgan fingerprint density at radius 1 is 1.19 bits per heavy atom. The van der Waals surface area contributed by atoms with Crippen molar-refractivity contribution in [2.75, 3.05) is 7.11 Å². The minimum atomic E-state index is -1.79. The number of hydrogen-bond acceptors (Lipinski definition) is 3. The Bertz CT molecular complexity index is 662. The Balaban J connectivity index is 2.72. The number of rotatable bonds is 14. The molecule has 0 amide bonds. The summed E-state index contributed by atoms with van der Waals surface area (Å²) >= 11 is 0. The molecule has 0 fully saturated rings. The van der Waals surface area contributed by atoms with Crippen LogP contribution in [0.4, 0.5) is 0 Å². The van der Waals surface area contributed by atoms with Crippen LogP contribution in [0.1, 0.15) is 85.5 Å². The monoisotopic (exact) mass is 446 g/mol. The molecule has 1 atom stereocenters. The molecule has 1 aliphatic rings. The van der Waals surface area contributed by atoms with E-state index in [0.717, 1.165) is 32.1 Å². The van der Waals surface area contributed by atoms with Crippen LogP contribution in [0.2, 0.25) is 18.1 Å². The summed E-state index contributed by atoms with van der Waals surface area (Å²) in [6.45, 7) is 13.9. The molecule has 0 aromatic carbocycles. The maximum absolute atomic E-state index is 11.2. The van der Waals surface area contributed by atoms with Crippen molar-refractivity contribution in [1.29, 1.82) is 0 Å². The van der Waals surface area contributed by atoms with Crippen LogP contribution in [0.3, 0.4) is 0 Å². The zero-order valence-corrected chi connectivity index (χ0v) is 22.1. The highest BCUT2D eigenvalue weighted by Crippen LogP contribution is 2.38. The third-order valence-electron chi connectivity index (χ3n) is 6.41. The van der Waals surface area contributed by atoms with Crippen molar-refractivity contribution < 1.29 is 14.0 Å². The number of carbonyl (C=O) groups excluding carboxylic acids is 1. The summed E-state index contributed by atoms with van der Waals surface area (Å²) in [5.74, 6) is -0.129. The summed E-state index contributed by atoms with van der Waals surface area (Å²) < 4.78 is 11.4. The molecule has 0 radical (unpaired) electrons. The largest absolute Gasteiger partial charge is 0.469 e. The predicted molar refractivity (Wildman–Crippen MR) is 136 cm³/mol. The molecule has 0 aliphatic heterocycles. The van der Waals surface area contributed by atoms with Gasteiger partial charge in [-0.3, -0.25) is 4.79 Å². The van der Waals surface area contributed by atoms with Crippen LogP contribution in [0.5, 0.6) is 0 Å². The van der Waals surface area contributed by atoms with Crippen molar-refractivity contribution in [3.05, 3.63) is 47.6 Å². The fraction of sp³-hybridized carbons (Fsp3) is 0.667. The van der Waals surface area contributed by atoms with Crippen molar-refractivity contribution in [3.8, 4) is 0 Å². The normalized spacial score (nSPS) is 16.1. The average Bonchev–Trinajstić information content (AvgIpc) is 3.14. The van der Waals surface area contributed by atoms with Crippen LogP contribution in [0.25, 0.3) is 0 Å². The second-order valence-corrected chi connectivity index (χ2v) is 14.8. The number of esters is 1. The van der Waals surface area contributed by atoms with E-state index in [1.54, 1.807) is 0 Å². The molecule has 4 heteroatoms. The van der Waals surface area contributed by atoms with Gasteiger partial charge in [0.15, 0.2) is 8.32 Å². The fourth-order valence-corrected chi connectivity index (χ4v) is 4.61. The smallest absolute Gasteiger partial charge is 0.305 e. The van der Waals surface area contributed by atoms with Crippen LogP contribution < -0.4 is 0 Å². The van der Waals surface area contributed by atoms with E-state index in [1.165, 1.54) is 37.5 Å². The molecule has 0 spiro atoms. The van der Waals surface area contributed by atoms with E-state index in [0.29, 0.717) is 6.42 Å². The van der Waals surface area contributed by atoms with Gasteiger partial charge in [0, 0.05) is 6.42 Å². The molecule has 0 unspecified atom stereocenters. The molecular formula is C27H46O3Si. The van der Waals surface area contributed by atoms with Gasteiger partial charge in [0.2, 0.25) is 0 Å². The Labute approximate surface area is 192 Å². The Hall–Kier alpha value is -1.39. The van der Waals surface area contributed by atoms with Crippen molar-refractivity contribution in [3.63, 3.8) is 0 Å². The van der Waals surface area contributed by atoms with E-state index >= 15 is 0 Å². The van der Waals surface area contributed by atoms with E-state index in [9.17, 15) is 4.79 Å². The van der Waals surface area contributed by atoms with Gasteiger partial charge in [0.1, 0.15) is 0 Å². The van der Waals surface area contributed by atoms with Crippen LogP contribution in [0, 0.1) is 0 Å². The molecule has 1 rings (SSSR count). The van der Waals surface area contributed by atoms with E-state index in [1.807, 2.05) is 0 Å². The van der Waals surface area contributed by atoms with Gasteiger partial charge in [0.25, 0.3) is 0 Å². The summed E-state index contributed by atoms with van der Waals surface area (Å²) in [6, 6.07) is 0. The molecule has 0 heterocycles. The number of allylic oxidation sites excluding steroid dienone is 7. The quantitative estimate of drug-likeness (QED) is 0.117. The highest BCUT2D eigenvalue weighted by Gasteiger charge is 2.38. The molecule has 0 saturated carbocycles.